The zero-order valence-electron chi connectivity index (χ0n) is 10.9. The predicted octanol–water partition coefficient (Wildman–Crippen LogP) is 1.21. The molecule has 0 atom stereocenters. The minimum Gasteiger partial charge on any atom is -0.370 e. The lowest BCUT2D eigenvalue weighted by Gasteiger charge is -2.08. The largest absolute Gasteiger partial charge is 0.370 e. The molecular weight excluding hydrogens is 228 g/mol. The van der Waals surface area contributed by atoms with Crippen molar-refractivity contribution in [3.63, 3.8) is 0 Å². The molecule has 0 saturated heterocycles. The second kappa shape index (κ2) is 5.48. The zero-order chi connectivity index (χ0) is 13.0. The molecule has 0 fully saturated rings. The monoisotopic (exact) mass is 246 g/mol. The summed E-state index contributed by atoms with van der Waals surface area (Å²) in [5.41, 5.74) is 2.14. The molecule has 2 heterocycles. The van der Waals surface area contributed by atoms with E-state index in [9.17, 15) is 0 Å². The quantitative estimate of drug-likeness (QED) is 0.830. The lowest BCUT2D eigenvalue weighted by molar-refractivity contribution is 0.711. The molecule has 18 heavy (non-hydrogen) atoms. The molecule has 2 N–H and O–H groups in total. The van der Waals surface area contributed by atoms with Gasteiger partial charge in [0, 0.05) is 50.7 Å². The third-order valence-corrected chi connectivity index (χ3v) is 2.69. The third kappa shape index (κ3) is 2.97. The maximum Gasteiger partial charge on any atom is 0.224 e. The van der Waals surface area contributed by atoms with E-state index >= 15 is 0 Å². The van der Waals surface area contributed by atoms with Gasteiger partial charge in [-0.25, -0.2) is 4.98 Å². The van der Waals surface area contributed by atoms with Crippen LogP contribution in [0.3, 0.4) is 0 Å². The minimum atomic E-state index is 0.637. The fraction of sp³-hybridized carbons (Fsp3) is 0.417. The Bertz CT molecular complexity index is 519. The number of nitrogens with zero attached hydrogens (tertiary/aromatic N) is 4. The van der Waals surface area contributed by atoms with Gasteiger partial charge in [0.2, 0.25) is 5.95 Å². The first-order chi connectivity index (χ1) is 8.69. The van der Waals surface area contributed by atoms with E-state index in [1.165, 1.54) is 5.69 Å². The number of hydrogen-bond acceptors (Lipinski definition) is 5. The summed E-state index contributed by atoms with van der Waals surface area (Å²) in [6.45, 7) is 2.77. The summed E-state index contributed by atoms with van der Waals surface area (Å²) in [5.74, 6) is 1.48. The van der Waals surface area contributed by atoms with E-state index in [1.807, 2.05) is 44.0 Å². The standard InChI is InChI=1S/C12H18N6/c1-9-8-11(17-12(13-2)16-9)14-6-4-10-5-7-15-18(10)3/h5,7-8H,4,6H2,1-3H3,(H2,13,14,16,17). The molecule has 0 bridgehead atoms. The van der Waals surface area contributed by atoms with Crippen LogP contribution < -0.4 is 10.6 Å². The molecule has 2 aromatic heterocycles. The summed E-state index contributed by atoms with van der Waals surface area (Å²) in [6, 6.07) is 3.95. The highest BCUT2D eigenvalue weighted by Crippen LogP contribution is 2.09. The Morgan fingerprint density at radius 1 is 1.33 bits per heavy atom. The highest BCUT2D eigenvalue weighted by atomic mass is 15.3. The lowest BCUT2D eigenvalue weighted by Crippen LogP contribution is -2.10. The number of hydrogen-bond donors (Lipinski definition) is 2. The topological polar surface area (TPSA) is 67.7 Å². The van der Waals surface area contributed by atoms with Crippen molar-refractivity contribution in [2.24, 2.45) is 7.05 Å². The minimum absolute atomic E-state index is 0.637. The normalized spacial score (nSPS) is 10.4. The predicted molar refractivity (Wildman–Crippen MR) is 71.7 cm³/mol. The summed E-state index contributed by atoms with van der Waals surface area (Å²) < 4.78 is 1.88. The molecule has 2 aromatic rings. The Morgan fingerprint density at radius 2 is 2.17 bits per heavy atom. The molecule has 0 spiro atoms. The number of aromatic nitrogens is 4. The van der Waals surface area contributed by atoms with Gasteiger partial charge in [0.15, 0.2) is 0 Å². The van der Waals surface area contributed by atoms with Gasteiger partial charge in [-0.2, -0.15) is 10.1 Å². The highest BCUT2D eigenvalue weighted by molar-refractivity contribution is 5.41. The number of nitrogens with one attached hydrogen (secondary N) is 2. The summed E-state index contributed by atoms with van der Waals surface area (Å²) in [4.78, 5) is 8.59. The zero-order valence-corrected chi connectivity index (χ0v) is 10.9. The molecule has 0 aliphatic heterocycles. The smallest absolute Gasteiger partial charge is 0.224 e. The molecule has 0 amide bonds. The van der Waals surface area contributed by atoms with Crippen LogP contribution in [0.4, 0.5) is 11.8 Å². The van der Waals surface area contributed by atoms with E-state index in [0.29, 0.717) is 5.95 Å². The van der Waals surface area contributed by atoms with Crippen LogP contribution in [0, 0.1) is 6.92 Å². The van der Waals surface area contributed by atoms with Gasteiger partial charge in [-0.05, 0) is 13.0 Å². The van der Waals surface area contributed by atoms with E-state index in [-0.39, 0.29) is 0 Å². The summed E-state index contributed by atoms with van der Waals surface area (Å²) in [7, 11) is 3.76. The molecule has 0 aromatic carbocycles. The first kappa shape index (κ1) is 12.3. The van der Waals surface area contributed by atoms with Crippen molar-refractivity contribution in [1.29, 1.82) is 0 Å². The van der Waals surface area contributed by atoms with Gasteiger partial charge in [-0.1, -0.05) is 0 Å². The first-order valence-corrected chi connectivity index (χ1v) is 5.93. The average Bonchev–Trinajstić information content (AvgIpc) is 2.74. The van der Waals surface area contributed by atoms with Crippen molar-refractivity contribution >= 4 is 11.8 Å². The summed E-state index contributed by atoms with van der Waals surface area (Å²) in [6.07, 6.45) is 2.72. The van der Waals surface area contributed by atoms with Crippen LogP contribution >= 0.6 is 0 Å². The van der Waals surface area contributed by atoms with Crippen LogP contribution in [0.2, 0.25) is 0 Å². The lowest BCUT2D eigenvalue weighted by atomic mass is 10.3. The van der Waals surface area contributed by atoms with Crippen molar-refractivity contribution in [2.75, 3.05) is 24.2 Å². The number of rotatable bonds is 5. The SMILES string of the molecule is CNc1nc(C)cc(NCCc2ccnn2C)n1. The van der Waals surface area contributed by atoms with Crippen LogP contribution in [0.5, 0.6) is 0 Å². The average molecular weight is 246 g/mol. The van der Waals surface area contributed by atoms with Crippen LogP contribution in [0.25, 0.3) is 0 Å². The van der Waals surface area contributed by atoms with Crippen molar-refractivity contribution in [1.82, 2.24) is 19.7 Å². The van der Waals surface area contributed by atoms with Crippen molar-refractivity contribution in [2.45, 2.75) is 13.3 Å². The highest BCUT2D eigenvalue weighted by Gasteiger charge is 2.01. The molecule has 6 nitrogen and oxygen atoms in total. The molecule has 2 rings (SSSR count). The molecule has 96 valence electrons. The van der Waals surface area contributed by atoms with Crippen LogP contribution in [0.1, 0.15) is 11.4 Å². The summed E-state index contributed by atoms with van der Waals surface area (Å²) in [5, 5.41) is 10.4. The Morgan fingerprint density at radius 3 is 2.83 bits per heavy atom. The summed E-state index contributed by atoms with van der Waals surface area (Å²) >= 11 is 0. The first-order valence-electron chi connectivity index (χ1n) is 5.93. The maximum atomic E-state index is 4.34. The molecular formula is C12H18N6. The van der Waals surface area contributed by atoms with Gasteiger partial charge in [-0.3, -0.25) is 4.68 Å². The second-order valence-electron chi connectivity index (χ2n) is 4.09. The van der Waals surface area contributed by atoms with Gasteiger partial charge in [0.25, 0.3) is 0 Å². The maximum absolute atomic E-state index is 4.34. The van der Waals surface area contributed by atoms with Crippen LogP contribution in [-0.4, -0.2) is 33.3 Å². The Labute approximate surface area is 106 Å². The Hall–Kier alpha value is -2.11. The fourth-order valence-electron chi connectivity index (χ4n) is 1.74. The Kier molecular flexibility index (Phi) is 3.76. The van der Waals surface area contributed by atoms with Gasteiger partial charge in [0.05, 0.1) is 0 Å². The molecule has 0 saturated carbocycles. The number of aryl methyl sites for hydroxylation is 2. The molecule has 0 aliphatic rings. The van der Waals surface area contributed by atoms with E-state index in [1.54, 1.807) is 0 Å². The van der Waals surface area contributed by atoms with Crippen molar-refractivity contribution in [3.05, 3.63) is 29.7 Å². The molecule has 0 radical (unpaired) electrons. The van der Waals surface area contributed by atoms with E-state index < -0.39 is 0 Å². The van der Waals surface area contributed by atoms with Crippen molar-refractivity contribution < 1.29 is 0 Å². The third-order valence-electron chi connectivity index (χ3n) is 2.69. The number of anilines is 2. The second-order valence-corrected chi connectivity index (χ2v) is 4.09. The van der Waals surface area contributed by atoms with Gasteiger partial charge in [-0.15, -0.1) is 0 Å². The fourth-order valence-corrected chi connectivity index (χ4v) is 1.74. The van der Waals surface area contributed by atoms with Gasteiger partial charge in [0.1, 0.15) is 5.82 Å². The van der Waals surface area contributed by atoms with Crippen LogP contribution in [0.15, 0.2) is 18.3 Å². The molecule has 0 unspecified atom stereocenters. The van der Waals surface area contributed by atoms with E-state index in [2.05, 4.69) is 25.7 Å². The Balaban J connectivity index is 1.94. The van der Waals surface area contributed by atoms with Crippen LogP contribution in [-0.2, 0) is 13.5 Å². The van der Waals surface area contributed by atoms with Gasteiger partial charge < -0.3 is 10.6 Å². The van der Waals surface area contributed by atoms with E-state index in [0.717, 1.165) is 24.5 Å². The van der Waals surface area contributed by atoms with Crippen molar-refractivity contribution in [3.8, 4) is 0 Å². The van der Waals surface area contributed by atoms with Gasteiger partial charge >= 0.3 is 0 Å². The van der Waals surface area contributed by atoms with E-state index in [4.69, 9.17) is 0 Å². The molecule has 6 heteroatoms. The molecule has 0 aliphatic carbocycles.